The molecule has 20 heavy (non-hydrogen) atoms. The Balaban J connectivity index is 2.21. The van der Waals surface area contributed by atoms with Gasteiger partial charge in [-0.2, -0.15) is 0 Å². The predicted octanol–water partition coefficient (Wildman–Crippen LogP) is 3.80. The Bertz CT molecular complexity index is 652. The fourth-order valence-corrected chi connectivity index (χ4v) is 1.98. The molecule has 1 aromatic heterocycles. The van der Waals surface area contributed by atoms with Crippen molar-refractivity contribution in [2.24, 2.45) is 0 Å². The maximum absolute atomic E-state index is 12.0. The molecule has 106 valence electrons. The van der Waals surface area contributed by atoms with Crippen molar-refractivity contribution in [2.45, 2.75) is 26.7 Å². The maximum atomic E-state index is 12.0. The van der Waals surface area contributed by atoms with Gasteiger partial charge < -0.3 is 5.32 Å². The number of carbonyl (C=O) groups excluding carboxylic acids is 1. The number of nitrogens with one attached hydrogen (secondary N) is 2. The lowest BCUT2D eigenvalue weighted by Gasteiger charge is -2.07. The number of nitrogens with zero attached hydrogens (tertiary/aromatic N) is 2. The molecule has 0 radical (unpaired) electrons. The van der Waals surface area contributed by atoms with Crippen LogP contribution in [0.15, 0.2) is 12.1 Å². The van der Waals surface area contributed by atoms with E-state index in [-0.39, 0.29) is 11.7 Å². The number of aryl methyl sites for hydroxylation is 1. The van der Waals surface area contributed by atoms with Gasteiger partial charge in [-0.3, -0.25) is 9.89 Å². The Kier molecular flexibility index (Phi) is 4.30. The molecule has 2 N–H and O–H groups in total. The number of aromatic nitrogens is 3. The molecule has 0 saturated heterocycles. The second-order valence-corrected chi connectivity index (χ2v) is 5.55. The lowest BCUT2D eigenvalue weighted by Crippen LogP contribution is -2.14. The molecule has 5 nitrogen and oxygen atoms in total. The van der Waals surface area contributed by atoms with Crippen LogP contribution in [-0.2, 0) is 0 Å². The van der Waals surface area contributed by atoms with E-state index in [0.29, 0.717) is 21.6 Å². The van der Waals surface area contributed by atoms with Gasteiger partial charge in [0.05, 0.1) is 10.7 Å². The Morgan fingerprint density at radius 1 is 1.30 bits per heavy atom. The van der Waals surface area contributed by atoms with Gasteiger partial charge in [-0.25, -0.2) is 4.98 Å². The van der Waals surface area contributed by atoms with Gasteiger partial charge in [0.2, 0.25) is 5.82 Å². The largest absolute Gasteiger partial charge is 0.318 e. The van der Waals surface area contributed by atoms with Crippen molar-refractivity contribution >= 4 is 34.8 Å². The lowest BCUT2D eigenvalue weighted by molar-refractivity contribution is 0.101. The van der Waals surface area contributed by atoms with E-state index in [0.717, 1.165) is 5.56 Å². The smallest absolute Gasteiger partial charge is 0.295 e. The molecule has 2 rings (SSSR count). The minimum atomic E-state index is -0.435. The second-order valence-electron chi connectivity index (χ2n) is 4.73. The van der Waals surface area contributed by atoms with Crippen molar-refractivity contribution in [1.82, 2.24) is 15.2 Å². The third kappa shape index (κ3) is 3.11. The average molecular weight is 313 g/mol. The molecule has 1 aromatic carbocycles. The molecular formula is C13H14Cl2N4O. The van der Waals surface area contributed by atoms with Gasteiger partial charge in [-0.1, -0.05) is 37.0 Å². The molecule has 0 fully saturated rings. The number of anilines is 1. The zero-order valence-electron chi connectivity index (χ0n) is 11.3. The van der Waals surface area contributed by atoms with Crippen LogP contribution < -0.4 is 5.32 Å². The van der Waals surface area contributed by atoms with E-state index in [1.165, 1.54) is 0 Å². The number of H-pyrrole nitrogens is 1. The van der Waals surface area contributed by atoms with E-state index in [1.807, 2.05) is 20.8 Å². The van der Waals surface area contributed by atoms with Gasteiger partial charge in [-0.05, 0) is 24.6 Å². The molecule has 7 heteroatoms. The van der Waals surface area contributed by atoms with Crippen LogP contribution in [0.1, 0.15) is 41.8 Å². The molecule has 0 atom stereocenters. The third-order valence-corrected chi connectivity index (χ3v) is 3.47. The monoisotopic (exact) mass is 312 g/mol. The summed E-state index contributed by atoms with van der Waals surface area (Å²) < 4.78 is 0. The zero-order valence-corrected chi connectivity index (χ0v) is 12.8. The van der Waals surface area contributed by atoms with E-state index in [9.17, 15) is 4.79 Å². The lowest BCUT2D eigenvalue weighted by atomic mass is 10.2. The van der Waals surface area contributed by atoms with E-state index in [2.05, 4.69) is 20.5 Å². The average Bonchev–Trinajstić information content (AvgIpc) is 2.85. The van der Waals surface area contributed by atoms with E-state index in [4.69, 9.17) is 23.2 Å². The van der Waals surface area contributed by atoms with Crippen LogP contribution in [0.2, 0.25) is 10.0 Å². The molecule has 2 aromatic rings. The Morgan fingerprint density at radius 3 is 2.60 bits per heavy atom. The Morgan fingerprint density at radius 2 is 2.00 bits per heavy atom. The van der Waals surface area contributed by atoms with Crippen molar-refractivity contribution in [2.75, 3.05) is 5.32 Å². The highest BCUT2D eigenvalue weighted by Crippen LogP contribution is 2.29. The summed E-state index contributed by atoms with van der Waals surface area (Å²) in [5.41, 5.74) is 1.28. The van der Waals surface area contributed by atoms with Crippen molar-refractivity contribution in [1.29, 1.82) is 0 Å². The SMILES string of the molecule is Cc1cc(Cl)c(NC(=O)c2n[nH]c(C(C)C)n2)cc1Cl. The maximum Gasteiger partial charge on any atom is 0.295 e. The van der Waals surface area contributed by atoms with Gasteiger partial charge in [0.1, 0.15) is 5.82 Å². The predicted molar refractivity (Wildman–Crippen MR) is 79.6 cm³/mol. The molecule has 1 amide bonds. The first kappa shape index (κ1) is 14.8. The topological polar surface area (TPSA) is 70.7 Å². The summed E-state index contributed by atoms with van der Waals surface area (Å²) in [5, 5.41) is 10.2. The minimum absolute atomic E-state index is 0.0708. The summed E-state index contributed by atoms with van der Waals surface area (Å²) in [6.45, 7) is 5.75. The van der Waals surface area contributed by atoms with Gasteiger partial charge in [0, 0.05) is 10.9 Å². The second kappa shape index (κ2) is 5.81. The first-order valence-corrected chi connectivity index (χ1v) is 6.83. The fourth-order valence-electron chi connectivity index (χ4n) is 1.55. The molecule has 0 saturated carbocycles. The number of hydrogen-bond donors (Lipinski definition) is 2. The summed E-state index contributed by atoms with van der Waals surface area (Å²) in [7, 11) is 0. The molecule has 0 spiro atoms. The number of carbonyl (C=O) groups is 1. The molecule has 0 bridgehead atoms. The normalized spacial score (nSPS) is 10.9. The first-order chi connectivity index (χ1) is 9.38. The van der Waals surface area contributed by atoms with E-state index in [1.54, 1.807) is 12.1 Å². The standard InChI is InChI=1S/C13H14Cl2N4O/c1-6(2)11-17-12(19-18-11)13(20)16-10-5-8(14)7(3)4-9(10)15/h4-6H,1-3H3,(H,16,20)(H,17,18,19). The van der Waals surface area contributed by atoms with Crippen LogP contribution in [0, 0.1) is 6.92 Å². The molecular weight excluding hydrogens is 299 g/mol. The van der Waals surface area contributed by atoms with Crippen LogP contribution in [-0.4, -0.2) is 21.1 Å². The summed E-state index contributed by atoms with van der Waals surface area (Å²) >= 11 is 12.1. The fraction of sp³-hybridized carbons (Fsp3) is 0.308. The van der Waals surface area contributed by atoms with Crippen LogP contribution in [0.3, 0.4) is 0 Å². The highest BCUT2D eigenvalue weighted by atomic mass is 35.5. The Labute approximate surface area is 126 Å². The van der Waals surface area contributed by atoms with Gasteiger partial charge in [0.25, 0.3) is 5.91 Å². The number of aromatic amines is 1. The zero-order chi connectivity index (χ0) is 14.9. The van der Waals surface area contributed by atoms with Gasteiger partial charge in [-0.15, -0.1) is 5.10 Å². The number of amides is 1. The number of hydrogen-bond acceptors (Lipinski definition) is 3. The van der Waals surface area contributed by atoms with Crippen molar-refractivity contribution in [3.8, 4) is 0 Å². The summed E-state index contributed by atoms with van der Waals surface area (Å²) in [6.07, 6.45) is 0. The van der Waals surface area contributed by atoms with Crippen LogP contribution in [0.25, 0.3) is 0 Å². The molecule has 0 aliphatic rings. The number of rotatable bonds is 3. The summed E-state index contributed by atoms with van der Waals surface area (Å²) in [6, 6.07) is 3.30. The molecule has 0 aliphatic heterocycles. The molecule has 0 unspecified atom stereocenters. The van der Waals surface area contributed by atoms with Gasteiger partial charge >= 0.3 is 0 Å². The first-order valence-electron chi connectivity index (χ1n) is 6.07. The number of halogens is 2. The summed E-state index contributed by atoms with van der Waals surface area (Å²) in [5.74, 6) is 0.459. The Hall–Kier alpha value is -1.59. The molecule has 0 aliphatic carbocycles. The summed E-state index contributed by atoms with van der Waals surface area (Å²) in [4.78, 5) is 16.2. The van der Waals surface area contributed by atoms with Gasteiger partial charge in [0.15, 0.2) is 0 Å². The minimum Gasteiger partial charge on any atom is -0.318 e. The van der Waals surface area contributed by atoms with Crippen molar-refractivity contribution in [3.05, 3.63) is 39.4 Å². The van der Waals surface area contributed by atoms with E-state index >= 15 is 0 Å². The number of benzene rings is 1. The van der Waals surface area contributed by atoms with Crippen molar-refractivity contribution in [3.63, 3.8) is 0 Å². The van der Waals surface area contributed by atoms with Crippen LogP contribution in [0.4, 0.5) is 5.69 Å². The van der Waals surface area contributed by atoms with Crippen LogP contribution >= 0.6 is 23.2 Å². The highest BCUT2D eigenvalue weighted by molar-refractivity contribution is 6.36. The third-order valence-electron chi connectivity index (χ3n) is 2.75. The van der Waals surface area contributed by atoms with Crippen LogP contribution in [0.5, 0.6) is 0 Å². The quantitative estimate of drug-likeness (QED) is 0.905. The highest BCUT2D eigenvalue weighted by Gasteiger charge is 2.16. The molecule has 1 heterocycles. The van der Waals surface area contributed by atoms with Crippen molar-refractivity contribution < 1.29 is 4.79 Å². The van der Waals surface area contributed by atoms with E-state index < -0.39 is 5.91 Å².